The molecule has 0 atom stereocenters. The van der Waals surface area contributed by atoms with Gasteiger partial charge in [0.15, 0.2) is 0 Å². The summed E-state index contributed by atoms with van der Waals surface area (Å²) >= 11 is 0. The van der Waals surface area contributed by atoms with E-state index < -0.39 is 0 Å². The molecule has 68 valence electrons. The average Bonchev–Trinajstić information content (AvgIpc) is 2.52. The normalized spacial score (nSPS) is 10.5. The third-order valence-corrected chi connectivity index (χ3v) is 1.94. The first-order valence-corrected chi connectivity index (χ1v) is 4.33. The summed E-state index contributed by atoms with van der Waals surface area (Å²) in [6, 6.07) is 3.89. The number of unbranched alkanes of at least 4 members (excludes halogenated alkanes) is 1. The average molecular weight is 168 g/mol. The molecule has 0 unspecified atom stereocenters. The summed E-state index contributed by atoms with van der Waals surface area (Å²) in [6.07, 6.45) is 4.11. The van der Waals surface area contributed by atoms with Gasteiger partial charge in [0.25, 0.3) is 0 Å². The Hall–Kier alpha value is -0.800. The lowest BCUT2D eigenvalue weighted by atomic mass is 10.3. The minimum atomic E-state index is 0.121. The summed E-state index contributed by atoms with van der Waals surface area (Å²) in [4.78, 5) is 0. The van der Waals surface area contributed by atoms with Crippen LogP contribution in [0.2, 0.25) is 0 Å². The summed E-state index contributed by atoms with van der Waals surface area (Å²) in [7, 11) is 0. The quantitative estimate of drug-likeness (QED) is 0.636. The van der Waals surface area contributed by atoms with Crippen molar-refractivity contribution in [3.05, 3.63) is 24.0 Å². The second-order valence-electron chi connectivity index (χ2n) is 2.85. The highest BCUT2D eigenvalue weighted by Gasteiger charge is 1.97. The molecule has 3 heteroatoms. The van der Waals surface area contributed by atoms with E-state index in [0.717, 1.165) is 31.6 Å². The predicted octanol–water partition coefficient (Wildman–Crippen LogP) is 0.719. The maximum Gasteiger partial charge on any atom is 0.0832 e. The molecule has 0 saturated heterocycles. The molecule has 0 saturated carbocycles. The number of nitrogens with two attached hydrogens (primary N) is 1. The molecule has 1 aromatic heterocycles. The summed E-state index contributed by atoms with van der Waals surface area (Å²) in [6.45, 7) is 1.82. The first-order valence-electron chi connectivity index (χ1n) is 4.33. The van der Waals surface area contributed by atoms with Crippen LogP contribution in [0, 0.1) is 0 Å². The van der Waals surface area contributed by atoms with Crippen molar-refractivity contribution in [1.82, 2.24) is 4.57 Å². The van der Waals surface area contributed by atoms with E-state index >= 15 is 0 Å². The molecule has 1 rings (SSSR count). The number of rotatable bonds is 5. The Kier molecular flexibility index (Phi) is 3.84. The first kappa shape index (κ1) is 9.29. The van der Waals surface area contributed by atoms with E-state index in [1.165, 1.54) is 0 Å². The maximum atomic E-state index is 8.92. The van der Waals surface area contributed by atoms with Gasteiger partial charge in [-0.2, -0.15) is 0 Å². The third-order valence-electron chi connectivity index (χ3n) is 1.94. The Morgan fingerprint density at radius 2 is 2.25 bits per heavy atom. The maximum absolute atomic E-state index is 8.92. The molecule has 12 heavy (non-hydrogen) atoms. The lowest BCUT2D eigenvalue weighted by Gasteiger charge is -2.05. The number of aromatic nitrogens is 1. The van der Waals surface area contributed by atoms with Crippen LogP contribution >= 0.6 is 0 Å². The second-order valence-corrected chi connectivity index (χ2v) is 2.85. The number of hydrogen-bond acceptors (Lipinski definition) is 2. The van der Waals surface area contributed by atoms with Gasteiger partial charge in [0.2, 0.25) is 0 Å². The van der Waals surface area contributed by atoms with Gasteiger partial charge < -0.3 is 15.4 Å². The fraction of sp³-hybridized carbons (Fsp3) is 0.556. The van der Waals surface area contributed by atoms with Gasteiger partial charge in [0.1, 0.15) is 0 Å². The van der Waals surface area contributed by atoms with Gasteiger partial charge in [0.05, 0.1) is 6.61 Å². The highest BCUT2D eigenvalue weighted by Crippen LogP contribution is 2.03. The van der Waals surface area contributed by atoms with E-state index in [0.29, 0.717) is 0 Å². The minimum absolute atomic E-state index is 0.121. The predicted molar refractivity (Wildman–Crippen MR) is 48.6 cm³/mol. The zero-order valence-corrected chi connectivity index (χ0v) is 7.24. The van der Waals surface area contributed by atoms with Crippen molar-refractivity contribution >= 4 is 0 Å². The van der Waals surface area contributed by atoms with Gasteiger partial charge in [-0.3, -0.25) is 0 Å². The smallest absolute Gasteiger partial charge is 0.0832 e. The molecular weight excluding hydrogens is 152 g/mol. The molecule has 3 N–H and O–H groups in total. The van der Waals surface area contributed by atoms with Gasteiger partial charge in [0, 0.05) is 18.4 Å². The molecule has 1 heterocycles. The molecule has 0 aliphatic carbocycles. The zero-order valence-electron chi connectivity index (χ0n) is 7.24. The molecule has 0 fully saturated rings. The SMILES string of the molecule is NCCCCn1cccc1CO. The Morgan fingerprint density at radius 3 is 2.92 bits per heavy atom. The van der Waals surface area contributed by atoms with Crippen LogP contribution in [0.1, 0.15) is 18.5 Å². The number of nitrogens with zero attached hydrogens (tertiary/aromatic N) is 1. The minimum Gasteiger partial charge on any atom is -0.390 e. The lowest BCUT2D eigenvalue weighted by Crippen LogP contribution is -2.04. The number of hydrogen-bond donors (Lipinski definition) is 2. The molecule has 0 bridgehead atoms. The van der Waals surface area contributed by atoms with Crippen molar-refractivity contribution in [2.75, 3.05) is 6.54 Å². The molecule has 0 amide bonds. The topological polar surface area (TPSA) is 51.2 Å². The molecule has 0 aliphatic rings. The summed E-state index contributed by atoms with van der Waals surface area (Å²) < 4.78 is 2.07. The Bertz CT molecular complexity index is 220. The van der Waals surface area contributed by atoms with Crippen molar-refractivity contribution in [2.45, 2.75) is 26.0 Å². The van der Waals surface area contributed by atoms with E-state index in [4.69, 9.17) is 10.8 Å². The van der Waals surface area contributed by atoms with E-state index in [-0.39, 0.29) is 6.61 Å². The zero-order chi connectivity index (χ0) is 8.81. The van der Waals surface area contributed by atoms with E-state index in [9.17, 15) is 0 Å². The molecule has 0 aromatic carbocycles. The summed E-state index contributed by atoms with van der Waals surface area (Å²) in [5.41, 5.74) is 6.36. The van der Waals surface area contributed by atoms with Crippen molar-refractivity contribution in [3.8, 4) is 0 Å². The molecule has 0 spiro atoms. The highest BCUT2D eigenvalue weighted by atomic mass is 16.3. The van der Waals surface area contributed by atoms with Gasteiger partial charge in [-0.05, 0) is 31.5 Å². The molecule has 0 aliphatic heterocycles. The van der Waals surface area contributed by atoms with Crippen LogP contribution in [0.3, 0.4) is 0 Å². The number of aryl methyl sites for hydroxylation is 1. The Morgan fingerprint density at radius 1 is 1.42 bits per heavy atom. The standard InChI is InChI=1S/C9H16N2O/c10-5-1-2-6-11-7-3-4-9(11)8-12/h3-4,7,12H,1-2,5-6,8,10H2. The van der Waals surface area contributed by atoms with Crippen LogP contribution < -0.4 is 5.73 Å². The van der Waals surface area contributed by atoms with E-state index in [1.54, 1.807) is 0 Å². The Labute approximate surface area is 72.8 Å². The van der Waals surface area contributed by atoms with Crippen LogP contribution in [-0.4, -0.2) is 16.2 Å². The molecule has 1 aromatic rings. The Balaban J connectivity index is 2.39. The van der Waals surface area contributed by atoms with Gasteiger partial charge >= 0.3 is 0 Å². The van der Waals surface area contributed by atoms with E-state index in [1.807, 2.05) is 18.3 Å². The van der Waals surface area contributed by atoms with Crippen LogP contribution in [-0.2, 0) is 13.2 Å². The monoisotopic (exact) mass is 168 g/mol. The van der Waals surface area contributed by atoms with Crippen molar-refractivity contribution in [2.24, 2.45) is 5.73 Å². The molecular formula is C9H16N2O. The summed E-state index contributed by atoms with van der Waals surface area (Å²) in [5.74, 6) is 0. The highest BCUT2D eigenvalue weighted by molar-refractivity contribution is 5.05. The van der Waals surface area contributed by atoms with Crippen LogP contribution in [0.15, 0.2) is 18.3 Å². The molecule has 0 radical (unpaired) electrons. The first-order chi connectivity index (χ1) is 5.88. The van der Waals surface area contributed by atoms with Crippen molar-refractivity contribution in [1.29, 1.82) is 0 Å². The number of aliphatic hydroxyl groups excluding tert-OH is 1. The van der Waals surface area contributed by atoms with Crippen LogP contribution in [0.5, 0.6) is 0 Å². The number of aliphatic hydroxyl groups is 1. The largest absolute Gasteiger partial charge is 0.390 e. The summed E-state index contributed by atoms with van der Waals surface area (Å²) in [5, 5.41) is 8.92. The van der Waals surface area contributed by atoms with Crippen molar-refractivity contribution < 1.29 is 5.11 Å². The van der Waals surface area contributed by atoms with Crippen LogP contribution in [0.25, 0.3) is 0 Å². The van der Waals surface area contributed by atoms with Gasteiger partial charge in [-0.1, -0.05) is 0 Å². The van der Waals surface area contributed by atoms with Crippen LogP contribution in [0.4, 0.5) is 0 Å². The van der Waals surface area contributed by atoms with Crippen molar-refractivity contribution in [3.63, 3.8) is 0 Å². The van der Waals surface area contributed by atoms with Gasteiger partial charge in [-0.15, -0.1) is 0 Å². The second kappa shape index (κ2) is 4.95. The fourth-order valence-electron chi connectivity index (χ4n) is 1.24. The lowest BCUT2D eigenvalue weighted by molar-refractivity contribution is 0.270. The van der Waals surface area contributed by atoms with Gasteiger partial charge in [-0.25, -0.2) is 0 Å². The van der Waals surface area contributed by atoms with E-state index in [2.05, 4.69) is 4.57 Å². The third kappa shape index (κ3) is 2.36. The molecule has 3 nitrogen and oxygen atoms in total. The fourth-order valence-corrected chi connectivity index (χ4v) is 1.24.